The van der Waals surface area contributed by atoms with Crippen molar-refractivity contribution in [2.24, 2.45) is 17.8 Å². The van der Waals surface area contributed by atoms with E-state index in [1.807, 2.05) is 6.07 Å². The first-order valence-corrected chi connectivity index (χ1v) is 6.46. The standard InChI is InChI=1S/C13H19N3O/c1-17-13-6-12(15-8-16-13)14-7-11(9-2-3-9)10-4-5-10/h6,8-11H,2-5,7H2,1H3,(H,14,15,16). The highest BCUT2D eigenvalue weighted by Gasteiger charge is 2.40. The van der Waals surface area contributed by atoms with Crippen molar-refractivity contribution in [2.45, 2.75) is 25.7 Å². The zero-order valence-electron chi connectivity index (χ0n) is 10.2. The number of rotatable bonds is 6. The van der Waals surface area contributed by atoms with Crippen LogP contribution < -0.4 is 10.1 Å². The lowest BCUT2D eigenvalue weighted by atomic mass is 9.98. The van der Waals surface area contributed by atoms with Crippen molar-refractivity contribution in [3.63, 3.8) is 0 Å². The van der Waals surface area contributed by atoms with E-state index in [1.165, 1.54) is 25.7 Å². The van der Waals surface area contributed by atoms with Gasteiger partial charge in [0, 0.05) is 12.6 Å². The number of nitrogens with zero attached hydrogens (tertiary/aromatic N) is 2. The summed E-state index contributed by atoms with van der Waals surface area (Å²) in [4.78, 5) is 8.22. The summed E-state index contributed by atoms with van der Waals surface area (Å²) in [5.74, 6) is 4.30. The predicted octanol–water partition coefficient (Wildman–Crippen LogP) is 2.33. The Kier molecular flexibility index (Phi) is 2.87. The molecule has 0 aliphatic heterocycles. The fourth-order valence-electron chi connectivity index (χ4n) is 2.54. The topological polar surface area (TPSA) is 47.0 Å². The van der Waals surface area contributed by atoms with E-state index >= 15 is 0 Å². The number of hydrogen-bond acceptors (Lipinski definition) is 4. The van der Waals surface area contributed by atoms with Crippen LogP contribution in [0.5, 0.6) is 5.88 Å². The van der Waals surface area contributed by atoms with Gasteiger partial charge in [0.05, 0.1) is 7.11 Å². The van der Waals surface area contributed by atoms with Crippen LogP contribution in [-0.4, -0.2) is 23.6 Å². The molecule has 3 rings (SSSR count). The quantitative estimate of drug-likeness (QED) is 0.819. The molecule has 1 N–H and O–H groups in total. The van der Waals surface area contributed by atoms with Gasteiger partial charge in [-0.05, 0) is 43.4 Å². The van der Waals surface area contributed by atoms with Crippen molar-refractivity contribution in [3.05, 3.63) is 12.4 Å². The van der Waals surface area contributed by atoms with Crippen molar-refractivity contribution in [3.8, 4) is 5.88 Å². The van der Waals surface area contributed by atoms with Crippen LogP contribution in [0.4, 0.5) is 5.82 Å². The Morgan fingerprint density at radius 1 is 1.29 bits per heavy atom. The second kappa shape index (κ2) is 4.51. The van der Waals surface area contributed by atoms with Gasteiger partial charge in [-0.25, -0.2) is 9.97 Å². The lowest BCUT2D eigenvalue weighted by molar-refractivity contribution is 0.396. The van der Waals surface area contributed by atoms with Gasteiger partial charge in [0.2, 0.25) is 5.88 Å². The first-order valence-electron chi connectivity index (χ1n) is 6.46. The molecule has 4 heteroatoms. The number of methoxy groups -OCH3 is 1. The molecule has 17 heavy (non-hydrogen) atoms. The maximum absolute atomic E-state index is 5.09. The third-order valence-electron chi connectivity index (χ3n) is 3.83. The molecule has 0 saturated heterocycles. The molecule has 2 fully saturated rings. The third kappa shape index (κ3) is 2.68. The van der Waals surface area contributed by atoms with E-state index in [2.05, 4.69) is 15.3 Å². The Bertz CT molecular complexity index is 376. The zero-order chi connectivity index (χ0) is 11.7. The van der Waals surface area contributed by atoms with Crippen LogP contribution in [-0.2, 0) is 0 Å². The monoisotopic (exact) mass is 233 g/mol. The Hall–Kier alpha value is -1.32. The van der Waals surface area contributed by atoms with E-state index in [9.17, 15) is 0 Å². The lowest BCUT2D eigenvalue weighted by Gasteiger charge is -2.16. The minimum atomic E-state index is 0.622. The average Bonchev–Trinajstić information content (AvgIpc) is 3.22. The maximum Gasteiger partial charge on any atom is 0.218 e. The highest BCUT2D eigenvalue weighted by Crippen LogP contribution is 2.49. The van der Waals surface area contributed by atoms with E-state index in [-0.39, 0.29) is 0 Å². The van der Waals surface area contributed by atoms with E-state index in [0.29, 0.717) is 5.88 Å². The van der Waals surface area contributed by atoms with Gasteiger partial charge in [-0.2, -0.15) is 0 Å². The Morgan fingerprint density at radius 2 is 2.00 bits per heavy atom. The summed E-state index contributed by atoms with van der Waals surface area (Å²) >= 11 is 0. The minimum absolute atomic E-state index is 0.622. The Balaban J connectivity index is 1.58. The van der Waals surface area contributed by atoms with Gasteiger partial charge >= 0.3 is 0 Å². The van der Waals surface area contributed by atoms with Crippen LogP contribution in [0, 0.1) is 17.8 Å². The molecule has 0 atom stereocenters. The molecule has 0 amide bonds. The summed E-state index contributed by atoms with van der Waals surface area (Å²) < 4.78 is 5.09. The van der Waals surface area contributed by atoms with Crippen molar-refractivity contribution >= 4 is 5.82 Å². The van der Waals surface area contributed by atoms with Crippen LogP contribution in [0.1, 0.15) is 25.7 Å². The maximum atomic E-state index is 5.09. The highest BCUT2D eigenvalue weighted by atomic mass is 16.5. The molecule has 0 unspecified atom stereocenters. The zero-order valence-corrected chi connectivity index (χ0v) is 10.2. The van der Waals surface area contributed by atoms with Crippen LogP contribution in [0.2, 0.25) is 0 Å². The van der Waals surface area contributed by atoms with E-state index in [4.69, 9.17) is 4.74 Å². The highest BCUT2D eigenvalue weighted by molar-refractivity contribution is 5.37. The number of anilines is 1. The Morgan fingerprint density at radius 3 is 2.59 bits per heavy atom. The summed E-state index contributed by atoms with van der Waals surface area (Å²) in [7, 11) is 1.63. The molecule has 2 saturated carbocycles. The summed E-state index contributed by atoms with van der Waals surface area (Å²) in [6.07, 6.45) is 7.25. The fraction of sp³-hybridized carbons (Fsp3) is 0.692. The minimum Gasteiger partial charge on any atom is -0.481 e. The number of hydrogen-bond donors (Lipinski definition) is 1. The van der Waals surface area contributed by atoms with Gasteiger partial charge in [-0.15, -0.1) is 0 Å². The van der Waals surface area contributed by atoms with Crippen LogP contribution >= 0.6 is 0 Å². The largest absolute Gasteiger partial charge is 0.481 e. The second-order valence-electron chi connectivity index (χ2n) is 5.17. The van der Waals surface area contributed by atoms with Gasteiger partial charge in [-0.1, -0.05) is 0 Å². The predicted molar refractivity (Wildman–Crippen MR) is 66.0 cm³/mol. The molecule has 1 aromatic heterocycles. The first kappa shape index (κ1) is 10.8. The third-order valence-corrected chi connectivity index (χ3v) is 3.83. The van der Waals surface area contributed by atoms with Gasteiger partial charge in [0.25, 0.3) is 0 Å². The smallest absolute Gasteiger partial charge is 0.218 e. The number of nitrogens with one attached hydrogen (secondary N) is 1. The molecular weight excluding hydrogens is 214 g/mol. The Labute approximate surface area is 102 Å². The molecule has 0 bridgehead atoms. The summed E-state index contributed by atoms with van der Waals surface area (Å²) in [6.45, 7) is 1.05. The summed E-state index contributed by atoms with van der Waals surface area (Å²) in [5, 5.41) is 3.43. The first-order chi connectivity index (χ1) is 8.36. The molecular formula is C13H19N3O. The van der Waals surface area contributed by atoms with Crippen molar-refractivity contribution in [2.75, 3.05) is 19.0 Å². The van der Waals surface area contributed by atoms with Crippen LogP contribution in [0.3, 0.4) is 0 Å². The molecule has 4 nitrogen and oxygen atoms in total. The molecule has 0 radical (unpaired) electrons. The SMILES string of the molecule is COc1cc(NCC(C2CC2)C2CC2)ncn1. The molecule has 2 aliphatic carbocycles. The summed E-state index contributed by atoms with van der Waals surface area (Å²) in [5.41, 5.74) is 0. The normalized spacial score (nSPS) is 19.4. The molecule has 1 heterocycles. The number of ether oxygens (including phenoxy) is 1. The van der Waals surface area contributed by atoms with Crippen molar-refractivity contribution in [1.29, 1.82) is 0 Å². The van der Waals surface area contributed by atoms with Crippen LogP contribution in [0.25, 0.3) is 0 Å². The van der Waals surface area contributed by atoms with Crippen molar-refractivity contribution < 1.29 is 4.74 Å². The van der Waals surface area contributed by atoms with E-state index in [1.54, 1.807) is 13.4 Å². The van der Waals surface area contributed by atoms with Gasteiger partial charge in [0.1, 0.15) is 12.1 Å². The van der Waals surface area contributed by atoms with E-state index in [0.717, 1.165) is 30.1 Å². The lowest BCUT2D eigenvalue weighted by Crippen LogP contribution is -2.18. The van der Waals surface area contributed by atoms with Crippen LogP contribution in [0.15, 0.2) is 12.4 Å². The average molecular weight is 233 g/mol. The molecule has 0 spiro atoms. The molecule has 0 aromatic carbocycles. The fourth-order valence-corrected chi connectivity index (χ4v) is 2.54. The molecule has 92 valence electrons. The van der Waals surface area contributed by atoms with Gasteiger partial charge < -0.3 is 10.1 Å². The number of aromatic nitrogens is 2. The van der Waals surface area contributed by atoms with Crippen molar-refractivity contribution in [1.82, 2.24) is 9.97 Å². The molecule has 1 aromatic rings. The van der Waals surface area contributed by atoms with Gasteiger partial charge in [0.15, 0.2) is 0 Å². The van der Waals surface area contributed by atoms with Gasteiger partial charge in [-0.3, -0.25) is 0 Å². The summed E-state index contributed by atoms with van der Waals surface area (Å²) in [6, 6.07) is 1.86. The van der Waals surface area contributed by atoms with E-state index < -0.39 is 0 Å². The molecule has 2 aliphatic rings. The second-order valence-corrected chi connectivity index (χ2v) is 5.17.